The van der Waals surface area contributed by atoms with Gasteiger partial charge in [-0.25, -0.2) is 4.98 Å². The Balaban J connectivity index is 1.25. The smallest absolute Gasteiger partial charge is 0.256 e. The molecule has 0 amide bonds. The number of nitrogens with zero attached hydrogens (tertiary/aromatic N) is 3. The van der Waals surface area contributed by atoms with E-state index in [9.17, 15) is 0 Å². The lowest BCUT2D eigenvalue weighted by Crippen LogP contribution is -2.58. The molecule has 8 aromatic rings. The van der Waals surface area contributed by atoms with Crippen molar-refractivity contribution in [3.05, 3.63) is 170 Å². The average Bonchev–Trinajstić information content (AvgIpc) is 3.59. The largest absolute Gasteiger partial charge is 0.458 e. The molecule has 1 aromatic heterocycles. The Bertz CT molecular complexity index is 2440. The fourth-order valence-electron chi connectivity index (χ4n) is 7.55. The maximum Gasteiger partial charge on any atom is 0.256 e. The maximum absolute atomic E-state index is 6.99. The van der Waals surface area contributed by atoms with E-state index in [1.54, 1.807) is 0 Å². The number of hydrogen-bond donors (Lipinski definition) is 0. The molecule has 0 atom stereocenters. The van der Waals surface area contributed by atoms with Gasteiger partial charge in [0.1, 0.15) is 17.8 Å². The van der Waals surface area contributed by atoms with Crippen LogP contribution in [0.4, 0.5) is 17.1 Å². The lowest BCUT2D eigenvalue weighted by Gasteiger charge is -2.35. The van der Waals surface area contributed by atoms with E-state index >= 15 is 0 Å². The molecule has 7 aromatic carbocycles. The molecular weight excluding hydrogens is 585 g/mol. The van der Waals surface area contributed by atoms with Crippen LogP contribution in [0.25, 0.3) is 39.0 Å². The number of anilines is 3. The Hall–Kier alpha value is -6.33. The summed E-state index contributed by atoms with van der Waals surface area (Å²) in [6, 6.07) is 58.0. The Morgan fingerprint density at radius 1 is 0.500 bits per heavy atom. The lowest BCUT2D eigenvalue weighted by atomic mass is 9.34. The van der Waals surface area contributed by atoms with Gasteiger partial charge in [-0.15, -0.1) is 0 Å². The van der Waals surface area contributed by atoms with Crippen LogP contribution in [0.5, 0.6) is 11.5 Å². The van der Waals surface area contributed by atoms with Crippen LogP contribution in [0, 0.1) is 0 Å². The van der Waals surface area contributed by atoms with Crippen molar-refractivity contribution < 1.29 is 4.74 Å². The number of rotatable bonds is 5. The number of ether oxygens (including phenoxy) is 1. The fraction of sp³-hybridized carbons (Fsp3) is 0. The zero-order chi connectivity index (χ0) is 31.6. The first kappa shape index (κ1) is 26.8. The van der Waals surface area contributed by atoms with Crippen LogP contribution in [-0.2, 0) is 0 Å². The van der Waals surface area contributed by atoms with Gasteiger partial charge in [0.25, 0.3) is 6.71 Å². The monoisotopic (exact) mass is 613 g/mol. The van der Waals surface area contributed by atoms with Gasteiger partial charge in [0, 0.05) is 23.1 Å². The highest BCUT2D eigenvalue weighted by Crippen LogP contribution is 2.41. The Labute approximate surface area is 279 Å². The van der Waals surface area contributed by atoms with Gasteiger partial charge in [-0.05, 0) is 81.1 Å². The van der Waals surface area contributed by atoms with Crippen molar-refractivity contribution in [3.8, 4) is 39.4 Å². The number of benzene rings is 7. The zero-order valence-electron chi connectivity index (χ0n) is 26.0. The van der Waals surface area contributed by atoms with Gasteiger partial charge in [-0.2, -0.15) is 0 Å². The molecule has 0 aliphatic carbocycles. The molecule has 5 heteroatoms. The van der Waals surface area contributed by atoms with Gasteiger partial charge in [0.2, 0.25) is 0 Å². The highest BCUT2D eigenvalue weighted by molar-refractivity contribution is 6.99. The Kier molecular flexibility index (Phi) is 5.94. The quantitative estimate of drug-likeness (QED) is 0.182. The van der Waals surface area contributed by atoms with Crippen molar-refractivity contribution in [3.63, 3.8) is 0 Å². The van der Waals surface area contributed by atoms with Crippen molar-refractivity contribution in [1.82, 2.24) is 9.55 Å². The van der Waals surface area contributed by atoms with Crippen LogP contribution in [0.3, 0.4) is 0 Å². The molecule has 0 bridgehead atoms. The molecule has 224 valence electrons. The van der Waals surface area contributed by atoms with E-state index in [-0.39, 0.29) is 6.71 Å². The number of fused-ring (bicyclic) bond motifs is 4. The van der Waals surface area contributed by atoms with Crippen LogP contribution >= 0.6 is 0 Å². The average molecular weight is 614 g/mol. The Morgan fingerprint density at radius 2 is 1.12 bits per heavy atom. The van der Waals surface area contributed by atoms with E-state index in [0.717, 1.165) is 61.8 Å². The summed E-state index contributed by atoms with van der Waals surface area (Å²) >= 11 is 0. The highest BCUT2D eigenvalue weighted by Gasteiger charge is 2.41. The van der Waals surface area contributed by atoms with Gasteiger partial charge in [-0.1, -0.05) is 115 Å². The number of imidazole rings is 1. The molecule has 0 spiro atoms. The van der Waals surface area contributed by atoms with Crippen molar-refractivity contribution in [1.29, 1.82) is 0 Å². The first-order chi connectivity index (χ1) is 23.8. The van der Waals surface area contributed by atoms with Gasteiger partial charge < -0.3 is 9.64 Å². The van der Waals surface area contributed by atoms with E-state index in [1.807, 2.05) is 6.33 Å². The standard InChI is InChI=1S/C43H28BN3O/c1-5-13-29(14-6-1)31-21-22-36-40(25-31)48-41-27-35(47(33-17-9-3-10-18-33)34-19-11-4-12-20-34)26-39-42(41)44(36)37-23-32(30-15-7-2-8-16-30)24-38-43(37)46(39)28-45-38/h1-28H. The molecule has 10 rings (SSSR count). The summed E-state index contributed by atoms with van der Waals surface area (Å²) in [7, 11) is 0. The second-order valence-corrected chi connectivity index (χ2v) is 12.5. The molecule has 0 N–H and O–H groups in total. The summed E-state index contributed by atoms with van der Waals surface area (Å²) in [5.41, 5.74) is 14.6. The molecule has 48 heavy (non-hydrogen) atoms. The van der Waals surface area contributed by atoms with E-state index in [2.05, 4.69) is 173 Å². The third-order valence-corrected chi connectivity index (χ3v) is 9.68. The number of hydrogen-bond acceptors (Lipinski definition) is 3. The van der Waals surface area contributed by atoms with Crippen LogP contribution in [0.2, 0.25) is 0 Å². The summed E-state index contributed by atoms with van der Waals surface area (Å²) < 4.78 is 9.25. The first-order valence-corrected chi connectivity index (χ1v) is 16.3. The summed E-state index contributed by atoms with van der Waals surface area (Å²) in [6.45, 7) is -0.0186. The van der Waals surface area contributed by atoms with Crippen molar-refractivity contribution in [2.45, 2.75) is 0 Å². The third kappa shape index (κ3) is 4.14. The van der Waals surface area contributed by atoms with Crippen molar-refractivity contribution in [2.24, 2.45) is 0 Å². The molecule has 2 aliphatic rings. The topological polar surface area (TPSA) is 30.3 Å². The molecule has 0 saturated carbocycles. The second kappa shape index (κ2) is 10.6. The van der Waals surface area contributed by atoms with Crippen LogP contribution < -0.4 is 26.0 Å². The normalized spacial score (nSPS) is 12.3. The molecule has 0 radical (unpaired) electrons. The molecule has 4 nitrogen and oxygen atoms in total. The third-order valence-electron chi connectivity index (χ3n) is 9.68. The first-order valence-electron chi connectivity index (χ1n) is 16.3. The van der Waals surface area contributed by atoms with Gasteiger partial charge in [0.05, 0.1) is 16.7 Å². The predicted octanol–water partition coefficient (Wildman–Crippen LogP) is 8.76. The fourth-order valence-corrected chi connectivity index (χ4v) is 7.55. The molecule has 0 saturated heterocycles. The Morgan fingerprint density at radius 3 is 1.79 bits per heavy atom. The van der Waals surface area contributed by atoms with E-state index in [1.165, 1.54) is 22.2 Å². The predicted molar refractivity (Wildman–Crippen MR) is 198 cm³/mol. The van der Waals surface area contributed by atoms with Gasteiger partial charge in [-0.3, -0.25) is 4.57 Å². The minimum atomic E-state index is -0.0186. The van der Waals surface area contributed by atoms with Crippen molar-refractivity contribution >= 4 is 51.2 Å². The molecule has 3 heterocycles. The highest BCUT2D eigenvalue weighted by atomic mass is 16.5. The summed E-state index contributed by atoms with van der Waals surface area (Å²) in [6.07, 6.45) is 1.97. The lowest BCUT2D eigenvalue weighted by molar-refractivity contribution is 0.487. The number of para-hydroxylation sites is 2. The number of aromatic nitrogens is 2. The molecule has 0 fully saturated rings. The summed E-state index contributed by atoms with van der Waals surface area (Å²) in [5, 5.41) is 0. The summed E-state index contributed by atoms with van der Waals surface area (Å²) in [4.78, 5) is 7.30. The maximum atomic E-state index is 6.99. The van der Waals surface area contributed by atoms with Gasteiger partial charge >= 0.3 is 0 Å². The van der Waals surface area contributed by atoms with Crippen LogP contribution in [-0.4, -0.2) is 16.3 Å². The SMILES string of the molecule is c1ccc(-c2ccc3c(c2)Oc2cc(N(c4ccccc4)c4ccccc4)cc4c2B3c2cc(-c3ccccc3)cc3ncn-4c23)cc1. The van der Waals surface area contributed by atoms with Crippen LogP contribution in [0.1, 0.15) is 0 Å². The molecule has 0 unspecified atom stereocenters. The van der Waals surface area contributed by atoms with E-state index < -0.39 is 0 Å². The minimum absolute atomic E-state index is 0.0186. The minimum Gasteiger partial charge on any atom is -0.458 e. The van der Waals surface area contributed by atoms with Crippen LogP contribution in [0.15, 0.2) is 170 Å². The van der Waals surface area contributed by atoms with E-state index in [4.69, 9.17) is 9.72 Å². The van der Waals surface area contributed by atoms with E-state index in [0.29, 0.717) is 0 Å². The molecular formula is C43H28BN3O. The van der Waals surface area contributed by atoms with Crippen molar-refractivity contribution in [2.75, 3.05) is 4.90 Å². The second-order valence-electron chi connectivity index (χ2n) is 12.5. The zero-order valence-corrected chi connectivity index (χ0v) is 26.0. The molecule has 2 aliphatic heterocycles. The van der Waals surface area contributed by atoms with Gasteiger partial charge in [0.15, 0.2) is 0 Å². The summed E-state index contributed by atoms with van der Waals surface area (Å²) in [5.74, 6) is 1.74.